The molecule has 2 aromatic rings. The molecule has 0 saturated heterocycles. The second-order valence-electron chi connectivity index (χ2n) is 10.1. The van der Waals surface area contributed by atoms with Crippen LogP contribution in [0.3, 0.4) is 0 Å². The first-order chi connectivity index (χ1) is 15.1. The lowest BCUT2D eigenvalue weighted by atomic mass is 9.48. The zero-order valence-corrected chi connectivity index (χ0v) is 18.1. The Morgan fingerprint density at radius 1 is 0.935 bits per heavy atom. The van der Waals surface area contributed by atoms with Crippen LogP contribution in [-0.2, 0) is 17.8 Å². The molecular weight excluding hydrogens is 386 g/mol. The molecule has 4 bridgehead atoms. The average Bonchev–Trinajstić information content (AvgIpc) is 2.78. The number of hydrogen-bond donors (Lipinski definition) is 2. The Morgan fingerprint density at radius 2 is 1.55 bits per heavy atom. The maximum atomic E-state index is 12.7. The first-order valence-corrected chi connectivity index (χ1v) is 11.8. The van der Waals surface area contributed by atoms with Crippen LogP contribution in [0.2, 0.25) is 0 Å². The molecule has 1 amide bonds. The Hall–Kier alpha value is -2.33. The van der Waals surface area contributed by atoms with E-state index in [1.807, 2.05) is 42.5 Å². The smallest absolute Gasteiger partial charge is 0.249 e. The minimum Gasteiger partial charge on any atom is -0.489 e. The first kappa shape index (κ1) is 20.6. The Bertz CT molecular complexity index is 857. The highest BCUT2D eigenvalue weighted by Gasteiger charge is 2.55. The summed E-state index contributed by atoms with van der Waals surface area (Å²) in [7, 11) is 0. The molecule has 0 aromatic heterocycles. The van der Waals surface area contributed by atoms with Gasteiger partial charge in [-0.2, -0.15) is 0 Å². The van der Waals surface area contributed by atoms with Gasteiger partial charge in [0.15, 0.2) is 0 Å². The summed E-state index contributed by atoms with van der Waals surface area (Å²) in [6.45, 7) is 1.10. The molecule has 4 aliphatic carbocycles. The molecule has 4 aliphatic rings. The van der Waals surface area contributed by atoms with Crippen LogP contribution in [0.4, 0.5) is 0 Å². The van der Waals surface area contributed by atoms with Gasteiger partial charge in [0.05, 0.1) is 0 Å². The standard InChI is InChI=1S/C27H33NO3/c29-25(27-15-21-12-22(16-27)14-23(13-21)17-27)26(30)28-11-10-19-6-8-24(9-7-19)31-18-20-4-2-1-3-5-20/h1-9,21-23,25,29H,10-18H2,(H,28,30). The lowest BCUT2D eigenvalue weighted by molar-refractivity contribution is -0.155. The molecular formula is C27H33NO3. The maximum Gasteiger partial charge on any atom is 0.249 e. The molecule has 2 N–H and O–H groups in total. The number of rotatable bonds is 8. The Balaban J connectivity index is 1.09. The monoisotopic (exact) mass is 419 g/mol. The molecule has 164 valence electrons. The zero-order valence-electron chi connectivity index (χ0n) is 18.1. The molecule has 4 nitrogen and oxygen atoms in total. The molecule has 1 unspecified atom stereocenters. The molecule has 4 fully saturated rings. The van der Waals surface area contributed by atoms with Crippen LogP contribution in [0.15, 0.2) is 54.6 Å². The van der Waals surface area contributed by atoms with Crippen LogP contribution < -0.4 is 10.1 Å². The predicted molar refractivity (Wildman–Crippen MR) is 121 cm³/mol. The highest BCUT2D eigenvalue weighted by Crippen LogP contribution is 2.61. The number of carbonyl (C=O) groups is 1. The summed E-state index contributed by atoms with van der Waals surface area (Å²) in [4.78, 5) is 12.7. The number of benzene rings is 2. The van der Waals surface area contributed by atoms with Gasteiger partial charge in [-0.15, -0.1) is 0 Å². The summed E-state index contributed by atoms with van der Waals surface area (Å²) < 4.78 is 5.84. The third kappa shape index (κ3) is 4.50. The third-order valence-corrected chi connectivity index (χ3v) is 7.80. The van der Waals surface area contributed by atoms with Crippen molar-refractivity contribution in [2.45, 2.75) is 57.7 Å². The molecule has 4 saturated carbocycles. The highest BCUT2D eigenvalue weighted by atomic mass is 16.5. The van der Waals surface area contributed by atoms with Gasteiger partial charge in [0.1, 0.15) is 18.5 Å². The molecule has 0 radical (unpaired) electrons. The Morgan fingerprint density at radius 3 is 2.16 bits per heavy atom. The average molecular weight is 420 g/mol. The van der Waals surface area contributed by atoms with Crippen molar-refractivity contribution >= 4 is 5.91 Å². The van der Waals surface area contributed by atoms with Crippen molar-refractivity contribution in [1.29, 1.82) is 0 Å². The molecule has 2 aromatic carbocycles. The number of nitrogens with one attached hydrogen (secondary N) is 1. The quantitative estimate of drug-likeness (QED) is 0.662. The van der Waals surface area contributed by atoms with Gasteiger partial charge in [-0.1, -0.05) is 42.5 Å². The summed E-state index contributed by atoms with van der Waals surface area (Å²) >= 11 is 0. The molecule has 31 heavy (non-hydrogen) atoms. The molecule has 0 aliphatic heterocycles. The minimum absolute atomic E-state index is 0.156. The Kier molecular flexibility index (Phi) is 5.75. The summed E-state index contributed by atoms with van der Waals surface area (Å²) in [5.41, 5.74) is 2.14. The fourth-order valence-electron chi connectivity index (χ4n) is 6.71. The van der Waals surface area contributed by atoms with Crippen molar-refractivity contribution in [3.63, 3.8) is 0 Å². The van der Waals surface area contributed by atoms with Gasteiger partial charge in [-0.3, -0.25) is 4.79 Å². The van der Waals surface area contributed by atoms with E-state index in [-0.39, 0.29) is 11.3 Å². The van der Waals surface area contributed by atoms with Gasteiger partial charge in [0.2, 0.25) is 5.91 Å². The molecule has 0 spiro atoms. The van der Waals surface area contributed by atoms with Crippen molar-refractivity contribution in [2.24, 2.45) is 23.2 Å². The Labute approximate surface area is 185 Å². The van der Waals surface area contributed by atoms with Crippen LogP contribution in [0, 0.1) is 23.2 Å². The highest BCUT2D eigenvalue weighted by molar-refractivity contribution is 5.81. The molecule has 4 heteroatoms. The van der Waals surface area contributed by atoms with Crippen LogP contribution in [-0.4, -0.2) is 23.7 Å². The van der Waals surface area contributed by atoms with E-state index in [1.54, 1.807) is 0 Å². The number of ether oxygens (including phenoxy) is 1. The second kappa shape index (κ2) is 8.66. The van der Waals surface area contributed by atoms with E-state index in [0.717, 1.165) is 60.3 Å². The van der Waals surface area contributed by atoms with Gasteiger partial charge in [0, 0.05) is 12.0 Å². The minimum atomic E-state index is -0.852. The maximum absolute atomic E-state index is 12.7. The van der Waals surface area contributed by atoms with Gasteiger partial charge in [0.25, 0.3) is 0 Å². The van der Waals surface area contributed by atoms with Crippen molar-refractivity contribution in [1.82, 2.24) is 5.32 Å². The van der Waals surface area contributed by atoms with Gasteiger partial charge in [-0.05, 0) is 86.0 Å². The topological polar surface area (TPSA) is 58.6 Å². The van der Waals surface area contributed by atoms with Crippen LogP contribution in [0.25, 0.3) is 0 Å². The van der Waals surface area contributed by atoms with E-state index in [1.165, 1.54) is 19.3 Å². The van der Waals surface area contributed by atoms with Crippen molar-refractivity contribution in [2.75, 3.05) is 6.54 Å². The summed E-state index contributed by atoms with van der Waals surface area (Å²) in [6.07, 6.45) is 6.97. The second-order valence-corrected chi connectivity index (χ2v) is 10.1. The lowest BCUT2D eigenvalue weighted by Gasteiger charge is -2.57. The van der Waals surface area contributed by atoms with Crippen molar-refractivity contribution in [3.8, 4) is 5.75 Å². The lowest BCUT2D eigenvalue weighted by Crippen LogP contribution is -2.56. The van der Waals surface area contributed by atoms with E-state index < -0.39 is 6.10 Å². The molecule has 1 atom stereocenters. The normalized spacial score (nSPS) is 29.5. The van der Waals surface area contributed by atoms with Crippen LogP contribution in [0.1, 0.15) is 49.7 Å². The summed E-state index contributed by atoms with van der Waals surface area (Å²) in [5, 5.41) is 13.9. The number of carbonyl (C=O) groups excluding carboxylic acids is 1. The first-order valence-electron chi connectivity index (χ1n) is 11.8. The SMILES string of the molecule is O=C(NCCc1ccc(OCc2ccccc2)cc1)C(O)C12CC3CC(CC(C3)C1)C2. The van der Waals surface area contributed by atoms with E-state index in [0.29, 0.717) is 13.2 Å². The number of amides is 1. The number of aliphatic hydroxyl groups excluding tert-OH is 1. The fraction of sp³-hybridized carbons (Fsp3) is 0.519. The van der Waals surface area contributed by atoms with E-state index >= 15 is 0 Å². The number of aliphatic hydroxyl groups is 1. The van der Waals surface area contributed by atoms with Gasteiger partial charge in [-0.25, -0.2) is 0 Å². The van der Waals surface area contributed by atoms with Crippen LogP contribution >= 0.6 is 0 Å². The molecule has 0 heterocycles. The third-order valence-electron chi connectivity index (χ3n) is 7.80. The van der Waals surface area contributed by atoms with Crippen molar-refractivity contribution in [3.05, 3.63) is 65.7 Å². The predicted octanol–water partition coefficient (Wildman–Crippen LogP) is 4.50. The summed E-state index contributed by atoms with van der Waals surface area (Å²) in [6, 6.07) is 18.2. The summed E-state index contributed by atoms with van der Waals surface area (Å²) in [5.74, 6) is 2.86. The number of hydrogen-bond acceptors (Lipinski definition) is 3. The largest absolute Gasteiger partial charge is 0.489 e. The molecule has 6 rings (SSSR count). The van der Waals surface area contributed by atoms with Crippen molar-refractivity contribution < 1.29 is 14.6 Å². The fourth-order valence-corrected chi connectivity index (χ4v) is 6.71. The van der Waals surface area contributed by atoms with Gasteiger partial charge < -0.3 is 15.2 Å². The van der Waals surface area contributed by atoms with Gasteiger partial charge >= 0.3 is 0 Å². The van der Waals surface area contributed by atoms with E-state index in [2.05, 4.69) is 17.4 Å². The zero-order chi connectivity index (χ0) is 21.3. The van der Waals surface area contributed by atoms with Crippen LogP contribution in [0.5, 0.6) is 5.75 Å². The van der Waals surface area contributed by atoms with E-state index in [9.17, 15) is 9.90 Å². The van der Waals surface area contributed by atoms with E-state index in [4.69, 9.17) is 4.74 Å².